The van der Waals surface area contributed by atoms with Gasteiger partial charge in [0.25, 0.3) is 0 Å². The van der Waals surface area contributed by atoms with Gasteiger partial charge in [0, 0.05) is 4.87 Å². The van der Waals surface area contributed by atoms with Crippen molar-refractivity contribution < 1.29 is 0 Å². The zero-order chi connectivity index (χ0) is 10.6. The summed E-state index contributed by atoms with van der Waals surface area (Å²) in [5.41, 5.74) is 0. The highest BCUT2D eigenvalue weighted by molar-refractivity contribution is 6.23. The van der Waals surface area contributed by atoms with Crippen LogP contribution in [0.5, 0.6) is 0 Å². The minimum atomic E-state index is -0.0154. The molecule has 0 amide bonds. The van der Waals surface area contributed by atoms with Crippen LogP contribution < -0.4 is 0 Å². The van der Waals surface area contributed by atoms with E-state index in [1.807, 2.05) is 0 Å². The third kappa shape index (κ3) is 4.35. The lowest BCUT2D eigenvalue weighted by Crippen LogP contribution is -2.29. The summed E-state index contributed by atoms with van der Waals surface area (Å²) >= 11 is 6.53. The fraction of sp³-hybridized carbons (Fsp3) is 1.00. The second-order valence-electron chi connectivity index (χ2n) is 5.01. The smallest absolute Gasteiger partial charge is 0.0446 e. The summed E-state index contributed by atoms with van der Waals surface area (Å²) in [7, 11) is 0. The zero-order valence-electron chi connectivity index (χ0n) is 10.0. The highest BCUT2D eigenvalue weighted by Crippen LogP contribution is 2.35. The van der Waals surface area contributed by atoms with E-state index >= 15 is 0 Å². The molecule has 0 aromatic heterocycles. The molecule has 0 aromatic carbocycles. The van der Waals surface area contributed by atoms with Crippen molar-refractivity contribution >= 4 is 11.6 Å². The normalized spacial score (nSPS) is 21.2. The molecule has 0 aliphatic carbocycles. The second kappa shape index (κ2) is 5.24. The first-order valence-corrected chi connectivity index (χ1v) is 5.88. The van der Waals surface area contributed by atoms with Gasteiger partial charge in [-0.05, 0) is 31.1 Å². The summed E-state index contributed by atoms with van der Waals surface area (Å²) in [5, 5.41) is 0. The van der Waals surface area contributed by atoms with Crippen LogP contribution in [-0.4, -0.2) is 4.87 Å². The van der Waals surface area contributed by atoms with E-state index in [1.54, 1.807) is 0 Å². The van der Waals surface area contributed by atoms with Gasteiger partial charge in [-0.1, -0.05) is 41.0 Å². The van der Waals surface area contributed by atoms with Crippen LogP contribution in [0.4, 0.5) is 0 Å². The van der Waals surface area contributed by atoms with Gasteiger partial charge < -0.3 is 0 Å². The molecule has 80 valence electrons. The molecule has 0 spiro atoms. The molecule has 0 rings (SSSR count). The predicted octanol–water partition coefficient (Wildman–Crippen LogP) is 4.71. The predicted molar refractivity (Wildman–Crippen MR) is 62.3 cm³/mol. The van der Waals surface area contributed by atoms with E-state index in [0.29, 0.717) is 5.92 Å². The van der Waals surface area contributed by atoms with Gasteiger partial charge in [0.2, 0.25) is 0 Å². The van der Waals surface area contributed by atoms with Crippen LogP contribution in [-0.2, 0) is 0 Å². The highest BCUT2D eigenvalue weighted by Gasteiger charge is 2.29. The molecule has 0 bridgehead atoms. The average molecular weight is 205 g/mol. The standard InChI is InChI=1S/C12H25Cl/c1-7-11(5)12(6,13)8-10(4)9(2)3/h9-11H,7-8H2,1-6H3. The Morgan fingerprint density at radius 2 is 1.62 bits per heavy atom. The SMILES string of the molecule is CCC(C)C(C)(Cl)CC(C)C(C)C. The lowest BCUT2D eigenvalue weighted by molar-refractivity contribution is 0.290. The van der Waals surface area contributed by atoms with Crippen LogP contribution in [0.15, 0.2) is 0 Å². The van der Waals surface area contributed by atoms with Gasteiger partial charge in [0.1, 0.15) is 0 Å². The minimum absolute atomic E-state index is 0.0154. The molecule has 3 unspecified atom stereocenters. The van der Waals surface area contributed by atoms with E-state index in [-0.39, 0.29) is 4.87 Å². The lowest BCUT2D eigenvalue weighted by Gasteiger charge is -2.32. The average Bonchev–Trinajstić information content (AvgIpc) is 2.01. The Labute approximate surface area is 89.1 Å². The minimum Gasteiger partial charge on any atom is -0.119 e. The molecule has 0 saturated carbocycles. The molecule has 1 heteroatoms. The Hall–Kier alpha value is 0.290. The first-order chi connectivity index (χ1) is 5.81. The Kier molecular flexibility index (Phi) is 5.36. The summed E-state index contributed by atoms with van der Waals surface area (Å²) in [5.74, 6) is 2.06. The van der Waals surface area contributed by atoms with Crippen molar-refractivity contribution in [2.45, 2.75) is 59.3 Å². The summed E-state index contributed by atoms with van der Waals surface area (Å²) < 4.78 is 0. The van der Waals surface area contributed by atoms with E-state index in [4.69, 9.17) is 11.6 Å². The van der Waals surface area contributed by atoms with Crippen LogP contribution in [0, 0.1) is 17.8 Å². The Balaban J connectivity index is 4.15. The van der Waals surface area contributed by atoms with Crippen LogP contribution in [0.3, 0.4) is 0 Å². The summed E-state index contributed by atoms with van der Waals surface area (Å²) in [4.78, 5) is -0.0154. The van der Waals surface area contributed by atoms with Gasteiger partial charge in [-0.2, -0.15) is 0 Å². The Bertz CT molecular complexity index is 138. The van der Waals surface area contributed by atoms with Crippen molar-refractivity contribution in [3.05, 3.63) is 0 Å². The quantitative estimate of drug-likeness (QED) is 0.569. The maximum atomic E-state index is 6.53. The molecular formula is C12H25Cl. The molecule has 0 heterocycles. The Morgan fingerprint density at radius 1 is 1.15 bits per heavy atom. The number of hydrogen-bond donors (Lipinski definition) is 0. The molecule has 13 heavy (non-hydrogen) atoms. The zero-order valence-corrected chi connectivity index (χ0v) is 10.8. The van der Waals surface area contributed by atoms with Crippen LogP contribution >= 0.6 is 11.6 Å². The summed E-state index contributed by atoms with van der Waals surface area (Å²) in [6.45, 7) is 13.5. The largest absolute Gasteiger partial charge is 0.119 e. The molecule has 0 radical (unpaired) electrons. The highest BCUT2D eigenvalue weighted by atomic mass is 35.5. The van der Waals surface area contributed by atoms with Gasteiger partial charge in [-0.15, -0.1) is 11.6 Å². The van der Waals surface area contributed by atoms with Crippen molar-refractivity contribution in [2.75, 3.05) is 0 Å². The van der Waals surface area contributed by atoms with E-state index in [1.165, 1.54) is 6.42 Å². The molecule has 0 N–H and O–H groups in total. The monoisotopic (exact) mass is 204 g/mol. The number of halogens is 1. The van der Waals surface area contributed by atoms with Crippen LogP contribution in [0.1, 0.15) is 54.4 Å². The Morgan fingerprint density at radius 3 is 1.92 bits per heavy atom. The van der Waals surface area contributed by atoms with Crippen LogP contribution in [0.25, 0.3) is 0 Å². The topological polar surface area (TPSA) is 0 Å². The first kappa shape index (κ1) is 13.3. The van der Waals surface area contributed by atoms with Crippen molar-refractivity contribution in [1.29, 1.82) is 0 Å². The molecule has 0 nitrogen and oxygen atoms in total. The third-order valence-electron chi connectivity index (χ3n) is 3.50. The summed E-state index contributed by atoms with van der Waals surface area (Å²) in [6, 6.07) is 0. The fourth-order valence-electron chi connectivity index (χ4n) is 1.49. The van der Waals surface area contributed by atoms with Crippen LogP contribution in [0.2, 0.25) is 0 Å². The van der Waals surface area contributed by atoms with Gasteiger partial charge in [0.15, 0.2) is 0 Å². The van der Waals surface area contributed by atoms with Gasteiger partial charge >= 0.3 is 0 Å². The maximum Gasteiger partial charge on any atom is 0.0446 e. The van der Waals surface area contributed by atoms with Crippen molar-refractivity contribution in [1.82, 2.24) is 0 Å². The van der Waals surface area contributed by atoms with Gasteiger partial charge in [-0.3, -0.25) is 0 Å². The summed E-state index contributed by atoms with van der Waals surface area (Å²) in [6.07, 6.45) is 2.30. The molecule has 0 aliphatic heterocycles. The van der Waals surface area contributed by atoms with Crippen molar-refractivity contribution in [3.8, 4) is 0 Å². The molecule has 0 fully saturated rings. The first-order valence-electron chi connectivity index (χ1n) is 5.50. The molecule has 0 aromatic rings. The third-order valence-corrected chi connectivity index (χ3v) is 4.03. The van der Waals surface area contributed by atoms with E-state index < -0.39 is 0 Å². The molecule has 0 aliphatic rings. The van der Waals surface area contributed by atoms with Gasteiger partial charge in [0.05, 0.1) is 0 Å². The van der Waals surface area contributed by atoms with E-state index in [9.17, 15) is 0 Å². The second-order valence-corrected chi connectivity index (χ2v) is 5.88. The molecule has 3 atom stereocenters. The maximum absolute atomic E-state index is 6.53. The molecule has 0 saturated heterocycles. The van der Waals surface area contributed by atoms with E-state index in [2.05, 4.69) is 41.5 Å². The van der Waals surface area contributed by atoms with Crippen molar-refractivity contribution in [2.24, 2.45) is 17.8 Å². The number of hydrogen-bond acceptors (Lipinski definition) is 0. The number of rotatable bonds is 5. The molecular weight excluding hydrogens is 180 g/mol. The van der Waals surface area contributed by atoms with Gasteiger partial charge in [-0.25, -0.2) is 0 Å². The fourth-order valence-corrected chi connectivity index (χ4v) is 1.89. The lowest BCUT2D eigenvalue weighted by atomic mass is 9.81. The van der Waals surface area contributed by atoms with Crippen molar-refractivity contribution in [3.63, 3.8) is 0 Å². The van der Waals surface area contributed by atoms with E-state index in [0.717, 1.165) is 18.3 Å². The number of alkyl halides is 1.